The van der Waals surface area contributed by atoms with Crippen molar-refractivity contribution >= 4 is 50.5 Å². The second-order valence-electron chi connectivity index (χ2n) is 5.59. The van der Waals surface area contributed by atoms with E-state index in [2.05, 4.69) is 0 Å². The highest BCUT2D eigenvalue weighted by atomic mass is 35.5. The van der Waals surface area contributed by atoms with Crippen LogP contribution in [0.15, 0.2) is 47.4 Å². The van der Waals surface area contributed by atoms with Crippen LogP contribution in [0.4, 0.5) is 5.69 Å². The minimum absolute atomic E-state index is 0.0582. The minimum Gasteiger partial charge on any atom is -0.300 e. The zero-order valence-corrected chi connectivity index (χ0v) is 15.8. The number of piperazine rings is 1. The quantitative estimate of drug-likeness (QED) is 0.851. The van der Waals surface area contributed by atoms with Gasteiger partial charge in [0, 0.05) is 16.1 Å². The molecule has 8 heteroatoms. The van der Waals surface area contributed by atoms with E-state index in [-0.39, 0.29) is 9.92 Å². The molecule has 1 aliphatic rings. The Morgan fingerprint density at radius 1 is 0.917 bits per heavy atom. The van der Waals surface area contributed by atoms with E-state index in [0.29, 0.717) is 36.2 Å². The fraction of sp³-hybridized carbons (Fsp3) is 0.250. The number of hydrogen-bond donors (Lipinski definition) is 1. The van der Waals surface area contributed by atoms with Gasteiger partial charge in [-0.1, -0.05) is 40.9 Å². The van der Waals surface area contributed by atoms with Crippen LogP contribution in [0.25, 0.3) is 0 Å². The Hall–Kier alpha value is -0.820. The highest BCUT2D eigenvalue weighted by Crippen LogP contribution is 2.27. The van der Waals surface area contributed by atoms with Crippen molar-refractivity contribution in [1.29, 1.82) is 0 Å². The first kappa shape index (κ1) is 18.0. The molecule has 0 atom stereocenters. The molecule has 24 heavy (non-hydrogen) atoms. The summed E-state index contributed by atoms with van der Waals surface area (Å²) in [6.45, 7) is 2.15. The van der Waals surface area contributed by atoms with Gasteiger partial charge in [0.2, 0.25) is 10.0 Å². The van der Waals surface area contributed by atoms with Gasteiger partial charge in [0.25, 0.3) is 0 Å². The molecule has 128 valence electrons. The Balaban J connectivity index is 1.77. The molecule has 1 aliphatic heterocycles. The van der Waals surface area contributed by atoms with E-state index >= 15 is 0 Å². The fourth-order valence-electron chi connectivity index (χ4n) is 2.81. The zero-order chi connectivity index (χ0) is 17.3. The van der Waals surface area contributed by atoms with Gasteiger partial charge in [-0.25, -0.2) is 8.42 Å². The van der Waals surface area contributed by atoms with E-state index in [0.717, 1.165) is 5.69 Å². The fourth-order valence-corrected chi connectivity index (χ4v) is 5.18. The van der Waals surface area contributed by atoms with Crippen molar-refractivity contribution in [3.63, 3.8) is 0 Å². The van der Waals surface area contributed by atoms with Crippen LogP contribution in [0, 0.1) is 0 Å². The number of rotatable bonds is 3. The minimum atomic E-state index is -3.65. The molecule has 0 radical (unpaired) electrons. The van der Waals surface area contributed by atoms with Crippen LogP contribution in [0.1, 0.15) is 0 Å². The third-order valence-corrected chi connectivity index (χ3v) is 6.92. The number of sulfonamides is 1. The van der Waals surface area contributed by atoms with Gasteiger partial charge >= 0.3 is 0 Å². The maximum atomic E-state index is 12.8. The van der Waals surface area contributed by atoms with Crippen LogP contribution in [0.3, 0.4) is 0 Å². The number of halogens is 3. The van der Waals surface area contributed by atoms with Crippen LogP contribution in [-0.2, 0) is 10.0 Å². The Kier molecular flexibility index (Phi) is 5.39. The average Bonchev–Trinajstić information content (AvgIpc) is 2.57. The topological polar surface area (TPSA) is 41.8 Å². The van der Waals surface area contributed by atoms with Gasteiger partial charge < -0.3 is 4.90 Å². The zero-order valence-electron chi connectivity index (χ0n) is 12.7. The van der Waals surface area contributed by atoms with Crippen molar-refractivity contribution in [1.82, 2.24) is 4.31 Å². The highest BCUT2D eigenvalue weighted by molar-refractivity contribution is 7.89. The molecule has 3 rings (SSSR count). The summed E-state index contributed by atoms with van der Waals surface area (Å²) >= 11 is 18.0. The molecule has 0 aromatic heterocycles. The first-order chi connectivity index (χ1) is 11.4. The Morgan fingerprint density at radius 3 is 2.25 bits per heavy atom. The largest absolute Gasteiger partial charge is 0.300 e. The van der Waals surface area contributed by atoms with Gasteiger partial charge in [-0.2, -0.15) is 4.31 Å². The lowest BCUT2D eigenvalue weighted by Gasteiger charge is -2.31. The number of nitrogens with one attached hydrogen (secondary N) is 1. The summed E-state index contributed by atoms with van der Waals surface area (Å²) in [5, 5.41) is 1.21. The normalized spacial score (nSPS) is 17.1. The van der Waals surface area contributed by atoms with Gasteiger partial charge in [0.05, 0.1) is 31.2 Å². The van der Waals surface area contributed by atoms with E-state index in [1.807, 2.05) is 24.3 Å². The SMILES string of the molecule is O=S(=O)(c1cc(Cl)ccc1Cl)N1CC[NH+](c2cccc(Cl)c2)CC1. The van der Waals surface area contributed by atoms with Crippen molar-refractivity contribution in [2.45, 2.75) is 4.90 Å². The van der Waals surface area contributed by atoms with Crippen molar-refractivity contribution < 1.29 is 13.3 Å². The standard InChI is InChI=1S/C16H15Cl3N2O2S/c17-12-2-1-3-14(10-12)20-6-8-21(9-7-20)24(22,23)16-11-13(18)4-5-15(16)19/h1-5,10-11H,6-9H2/p+1. The molecule has 4 nitrogen and oxygen atoms in total. The number of nitrogens with zero attached hydrogens (tertiary/aromatic N) is 1. The molecule has 0 saturated carbocycles. The first-order valence-corrected chi connectivity index (χ1v) is 10.0. The van der Waals surface area contributed by atoms with Crippen molar-refractivity contribution in [2.75, 3.05) is 26.2 Å². The molecule has 1 saturated heterocycles. The second-order valence-corrected chi connectivity index (χ2v) is 8.78. The maximum Gasteiger partial charge on any atom is 0.245 e. The molecule has 1 N–H and O–H groups in total. The molecule has 0 spiro atoms. The summed E-state index contributed by atoms with van der Waals surface area (Å²) in [5.74, 6) is 0. The van der Waals surface area contributed by atoms with Crippen LogP contribution in [-0.4, -0.2) is 38.9 Å². The highest BCUT2D eigenvalue weighted by Gasteiger charge is 2.32. The Bertz CT molecular complexity index is 850. The molecule has 0 unspecified atom stereocenters. The first-order valence-electron chi connectivity index (χ1n) is 7.44. The van der Waals surface area contributed by atoms with Crippen molar-refractivity contribution in [2.24, 2.45) is 0 Å². The smallest absolute Gasteiger partial charge is 0.245 e. The molecule has 2 aromatic carbocycles. The summed E-state index contributed by atoms with van der Waals surface area (Å²) in [5.41, 5.74) is 1.07. The molecule has 0 amide bonds. The predicted octanol–water partition coefficient (Wildman–Crippen LogP) is 2.87. The van der Waals surface area contributed by atoms with E-state index in [4.69, 9.17) is 34.8 Å². The Morgan fingerprint density at radius 2 is 1.58 bits per heavy atom. The summed E-state index contributed by atoms with van der Waals surface area (Å²) in [6, 6.07) is 12.1. The van der Waals surface area contributed by atoms with Gasteiger partial charge in [0.15, 0.2) is 0 Å². The summed E-state index contributed by atoms with van der Waals surface area (Å²) in [6.07, 6.45) is 0. The van der Waals surface area contributed by atoms with E-state index in [1.54, 1.807) is 6.07 Å². The second kappa shape index (κ2) is 7.20. The van der Waals surface area contributed by atoms with Crippen LogP contribution in [0.5, 0.6) is 0 Å². The molecule has 1 heterocycles. The number of benzene rings is 2. The lowest BCUT2D eigenvalue weighted by atomic mass is 10.2. The molecule has 0 aliphatic carbocycles. The van der Waals surface area contributed by atoms with Crippen molar-refractivity contribution in [3.05, 3.63) is 57.5 Å². The molecular weight excluding hydrogens is 391 g/mol. The summed E-state index contributed by atoms with van der Waals surface area (Å²) in [7, 11) is -3.65. The van der Waals surface area contributed by atoms with E-state index in [1.165, 1.54) is 21.3 Å². The average molecular weight is 407 g/mol. The van der Waals surface area contributed by atoms with Crippen LogP contribution in [0.2, 0.25) is 15.1 Å². The molecular formula is C16H16Cl3N2O2S+. The van der Waals surface area contributed by atoms with Gasteiger partial charge in [-0.05, 0) is 30.3 Å². The van der Waals surface area contributed by atoms with Crippen molar-refractivity contribution in [3.8, 4) is 0 Å². The lowest BCUT2D eigenvalue weighted by molar-refractivity contribution is -0.837. The summed E-state index contributed by atoms with van der Waals surface area (Å²) < 4.78 is 27.1. The molecule has 2 aromatic rings. The predicted molar refractivity (Wildman–Crippen MR) is 97.0 cm³/mol. The third-order valence-electron chi connectivity index (χ3n) is 4.07. The number of quaternary nitrogens is 1. The van der Waals surface area contributed by atoms with Gasteiger partial charge in [-0.3, -0.25) is 0 Å². The lowest BCUT2D eigenvalue weighted by Crippen LogP contribution is -3.10. The van der Waals surface area contributed by atoms with Gasteiger partial charge in [-0.15, -0.1) is 0 Å². The molecule has 0 bridgehead atoms. The monoisotopic (exact) mass is 405 g/mol. The van der Waals surface area contributed by atoms with E-state index < -0.39 is 10.0 Å². The Labute approximate surface area is 156 Å². The summed E-state index contributed by atoms with van der Waals surface area (Å²) in [4.78, 5) is 1.27. The maximum absolute atomic E-state index is 12.8. The van der Waals surface area contributed by atoms with E-state index in [9.17, 15) is 8.42 Å². The van der Waals surface area contributed by atoms with Crippen LogP contribution >= 0.6 is 34.8 Å². The third kappa shape index (κ3) is 3.72. The van der Waals surface area contributed by atoms with Crippen LogP contribution < -0.4 is 4.90 Å². The number of hydrogen-bond acceptors (Lipinski definition) is 2. The van der Waals surface area contributed by atoms with Gasteiger partial charge in [0.1, 0.15) is 10.6 Å². The molecule has 1 fully saturated rings.